The molecule has 1 amide bonds. The van der Waals surface area contributed by atoms with Crippen LogP contribution in [0.2, 0.25) is 5.02 Å². The minimum absolute atomic E-state index is 0.114. The summed E-state index contributed by atoms with van der Waals surface area (Å²) < 4.78 is 5.09. The van der Waals surface area contributed by atoms with Crippen molar-refractivity contribution in [1.29, 1.82) is 0 Å². The highest BCUT2D eigenvalue weighted by Crippen LogP contribution is 2.24. The topological polar surface area (TPSA) is 55.6 Å². The van der Waals surface area contributed by atoms with Crippen LogP contribution in [0, 0.1) is 5.92 Å². The van der Waals surface area contributed by atoms with Crippen molar-refractivity contribution >= 4 is 17.5 Å². The van der Waals surface area contributed by atoms with Gasteiger partial charge in [-0.05, 0) is 36.6 Å². The molecule has 1 aliphatic heterocycles. The quantitative estimate of drug-likeness (QED) is 0.914. The van der Waals surface area contributed by atoms with Gasteiger partial charge in [0, 0.05) is 18.1 Å². The zero-order chi connectivity index (χ0) is 13.8. The fourth-order valence-corrected chi connectivity index (χ4v) is 2.56. The molecule has 0 saturated carbocycles. The summed E-state index contributed by atoms with van der Waals surface area (Å²) in [5.41, 5.74) is 6.47. The minimum Gasteiger partial charge on any atom is -0.497 e. The molecule has 0 radical (unpaired) electrons. The van der Waals surface area contributed by atoms with E-state index in [1.807, 2.05) is 17.0 Å². The van der Waals surface area contributed by atoms with Crippen molar-refractivity contribution in [2.75, 3.05) is 26.7 Å². The highest BCUT2D eigenvalue weighted by Gasteiger charge is 2.25. The molecule has 1 saturated heterocycles. The van der Waals surface area contributed by atoms with Crippen molar-refractivity contribution in [1.82, 2.24) is 4.90 Å². The van der Waals surface area contributed by atoms with E-state index < -0.39 is 0 Å². The Labute approximate surface area is 118 Å². The Bertz CT molecular complexity index is 465. The number of rotatable bonds is 4. The fourth-order valence-electron chi connectivity index (χ4n) is 2.32. The van der Waals surface area contributed by atoms with Gasteiger partial charge in [-0.3, -0.25) is 4.79 Å². The van der Waals surface area contributed by atoms with Gasteiger partial charge in [0.05, 0.1) is 13.5 Å². The summed E-state index contributed by atoms with van der Waals surface area (Å²) in [4.78, 5) is 14.1. The van der Waals surface area contributed by atoms with Crippen LogP contribution in [-0.4, -0.2) is 37.6 Å². The third kappa shape index (κ3) is 3.39. The Morgan fingerprint density at radius 2 is 2.37 bits per heavy atom. The van der Waals surface area contributed by atoms with Gasteiger partial charge >= 0.3 is 0 Å². The van der Waals surface area contributed by atoms with Crippen LogP contribution in [0.1, 0.15) is 12.0 Å². The summed E-state index contributed by atoms with van der Waals surface area (Å²) >= 11 is 6.14. The maximum atomic E-state index is 12.2. The van der Waals surface area contributed by atoms with Crippen LogP contribution >= 0.6 is 11.6 Å². The average molecular weight is 283 g/mol. The van der Waals surface area contributed by atoms with Gasteiger partial charge in [0.25, 0.3) is 0 Å². The molecule has 1 aromatic rings. The number of nitrogens with zero attached hydrogens (tertiary/aromatic N) is 1. The molecule has 1 fully saturated rings. The van der Waals surface area contributed by atoms with Crippen LogP contribution < -0.4 is 10.5 Å². The molecule has 2 rings (SSSR count). The molecule has 1 aliphatic rings. The summed E-state index contributed by atoms with van der Waals surface area (Å²) in [5, 5.41) is 0.572. The molecule has 104 valence electrons. The van der Waals surface area contributed by atoms with Gasteiger partial charge in [0.15, 0.2) is 0 Å². The van der Waals surface area contributed by atoms with Crippen molar-refractivity contribution in [3.8, 4) is 5.75 Å². The lowest BCUT2D eigenvalue weighted by Gasteiger charge is -2.17. The number of amides is 1. The molecule has 2 N–H and O–H groups in total. The molecule has 0 unspecified atom stereocenters. The molecule has 5 heteroatoms. The number of hydrogen-bond acceptors (Lipinski definition) is 3. The first-order valence-corrected chi connectivity index (χ1v) is 6.82. The largest absolute Gasteiger partial charge is 0.497 e. The van der Waals surface area contributed by atoms with Gasteiger partial charge in [-0.15, -0.1) is 0 Å². The highest BCUT2D eigenvalue weighted by atomic mass is 35.5. The minimum atomic E-state index is 0.114. The van der Waals surface area contributed by atoms with E-state index in [1.165, 1.54) is 0 Å². The molecule has 19 heavy (non-hydrogen) atoms. The lowest BCUT2D eigenvalue weighted by Crippen LogP contribution is -2.31. The van der Waals surface area contributed by atoms with E-state index in [9.17, 15) is 4.79 Å². The monoisotopic (exact) mass is 282 g/mol. The van der Waals surface area contributed by atoms with Crippen LogP contribution in [0.3, 0.4) is 0 Å². The highest BCUT2D eigenvalue weighted by molar-refractivity contribution is 6.31. The maximum absolute atomic E-state index is 12.2. The zero-order valence-corrected chi connectivity index (χ0v) is 11.8. The van der Waals surface area contributed by atoms with Crippen molar-refractivity contribution in [2.45, 2.75) is 12.8 Å². The van der Waals surface area contributed by atoms with Gasteiger partial charge in [-0.2, -0.15) is 0 Å². The van der Waals surface area contributed by atoms with Crippen LogP contribution in [0.4, 0.5) is 0 Å². The predicted octanol–water partition coefficient (Wildman–Crippen LogP) is 1.70. The molecule has 1 atom stereocenters. The first kappa shape index (κ1) is 14.2. The molecule has 0 aromatic heterocycles. The van der Waals surface area contributed by atoms with Crippen molar-refractivity contribution < 1.29 is 9.53 Å². The molecule has 4 nitrogen and oxygen atoms in total. The van der Waals surface area contributed by atoms with Gasteiger partial charge in [0.2, 0.25) is 5.91 Å². The smallest absolute Gasteiger partial charge is 0.227 e. The van der Waals surface area contributed by atoms with Gasteiger partial charge < -0.3 is 15.4 Å². The van der Waals surface area contributed by atoms with Crippen molar-refractivity contribution in [3.05, 3.63) is 28.8 Å². The number of nitrogens with two attached hydrogens (primary N) is 1. The number of ether oxygens (including phenoxy) is 1. The van der Waals surface area contributed by atoms with E-state index in [-0.39, 0.29) is 5.91 Å². The lowest BCUT2D eigenvalue weighted by atomic mass is 10.1. The molecular formula is C14H19ClN2O2. The van der Waals surface area contributed by atoms with E-state index >= 15 is 0 Å². The maximum Gasteiger partial charge on any atom is 0.227 e. The Morgan fingerprint density at radius 1 is 1.58 bits per heavy atom. The molecular weight excluding hydrogens is 264 g/mol. The van der Waals surface area contributed by atoms with Gasteiger partial charge in [-0.1, -0.05) is 17.7 Å². The van der Waals surface area contributed by atoms with Crippen molar-refractivity contribution in [2.24, 2.45) is 11.7 Å². The number of carbonyl (C=O) groups is 1. The molecule has 0 bridgehead atoms. The van der Waals surface area contributed by atoms with Crippen LogP contribution in [-0.2, 0) is 11.2 Å². The summed E-state index contributed by atoms with van der Waals surface area (Å²) in [6.07, 6.45) is 1.33. The number of halogens is 1. The Balaban J connectivity index is 1.99. The van der Waals surface area contributed by atoms with E-state index in [4.69, 9.17) is 22.1 Å². The summed E-state index contributed by atoms with van der Waals surface area (Å²) in [5.74, 6) is 1.25. The number of methoxy groups -OCH3 is 1. The van der Waals surface area contributed by atoms with E-state index in [1.54, 1.807) is 13.2 Å². The Kier molecular flexibility index (Phi) is 4.66. The van der Waals surface area contributed by atoms with Crippen LogP contribution in [0.25, 0.3) is 0 Å². The first-order valence-electron chi connectivity index (χ1n) is 6.44. The van der Waals surface area contributed by atoms with Crippen LogP contribution in [0.5, 0.6) is 5.75 Å². The van der Waals surface area contributed by atoms with Crippen LogP contribution in [0.15, 0.2) is 18.2 Å². The predicted molar refractivity (Wildman–Crippen MR) is 75.4 cm³/mol. The average Bonchev–Trinajstić information content (AvgIpc) is 2.90. The second kappa shape index (κ2) is 6.26. The zero-order valence-electron chi connectivity index (χ0n) is 11.1. The number of hydrogen-bond donors (Lipinski definition) is 1. The van der Waals surface area contributed by atoms with Crippen molar-refractivity contribution in [3.63, 3.8) is 0 Å². The summed E-state index contributed by atoms with van der Waals surface area (Å²) in [7, 11) is 1.59. The number of benzene rings is 1. The third-order valence-electron chi connectivity index (χ3n) is 3.57. The summed E-state index contributed by atoms with van der Waals surface area (Å²) in [6.45, 7) is 2.21. The number of carbonyl (C=O) groups excluding carboxylic acids is 1. The Hall–Kier alpha value is -1.26. The van der Waals surface area contributed by atoms with E-state index in [0.29, 0.717) is 29.7 Å². The first-order chi connectivity index (χ1) is 9.13. The Morgan fingerprint density at radius 3 is 2.95 bits per heavy atom. The normalized spacial score (nSPS) is 18.7. The van der Waals surface area contributed by atoms with E-state index in [2.05, 4.69) is 0 Å². The second-order valence-electron chi connectivity index (χ2n) is 4.86. The molecule has 0 spiro atoms. The second-order valence-corrected chi connectivity index (χ2v) is 5.27. The summed E-state index contributed by atoms with van der Waals surface area (Å²) in [6, 6.07) is 5.40. The SMILES string of the molecule is COc1ccc(CC(=O)N2CC[C@H](CN)C2)c(Cl)c1. The lowest BCUT2D eigenvalue weighted by molar-refractivity contribution is -0.129. The molecule has 1 heterocycles. The van der Waals surface area contributed by atoms with Gasteiger partial charge in [0.1, 0.15) is 5.75 Å². The molecule has 1 aromatic carbocycles. The standard InChI is InChI=1S/C14H19ClN2O2/c1-19-12-3-2-11(13(15)7-12)6-14(18)17-5-4-10(8-16)9-17/h2-3,7,10H,4-6,8-9,16H2,1H3/t10-/m1/s1. The number of likely N-dealkylation sites (tertiary alicyclic amines) is 1. The van der Waals surface area contributed by atoms with E-state index in [0.717, 1.165) is 25.1 Å². The fraction of sp³-hybridized carbons (Fsp3) is 0.500. The van der Waals surface area contributed by atoms with Gasteiger partial charge in [-0.25, -0.2) is 0 Å². The molecule has 0 aliphatic carbocycles. The third-order valence-corrected chi connectivity index (χ3v) is 3.93.